The number of anilines is 1. The van der Waals surface area contributed by atoms with Crippen molar-refractivity contribution >= 4 is 11.6 Å². The number of likely N-dealkylation sites (N-methyl/N-ethyl adjacent to an activating group) is 1. The summed E-state index contributed by atoms with van der Waals surface area (Å²) in [6.45, 7) is 5.10. The van der Waals surface area contributed by atoms with Gasteiger partial charge in [-0.25, -0.2) is 0 Å². The van der Waals surface area contributed by atoms with Gasteiger partial charge < -0.3 is 10.6 Å². The van der Waals surface area contributed by atoms with Gasteiger partial charge in [-0.05, 0) is 26.0 Å². The van der Waals surface area contributed by atoms with Gasteiger partial charge in [-0.1, -0.05) is 17.7 Å². The second-order valence-electron chi connectivity index (χ2n) is 3.32. The lowest BCUT2D eigenvalue weighted by molar-refractivity contribution is -0.116. The Morgan fingerprint density at radius 3 is 2.36 bits per heavy atom. The van der Waals surface area contributed by atoms with Crippen molar-refractivity contribution in [3.05, 3.63) is 29.8 Å². The molecule has 3 nitrogen and oxygen atoms in total. The molecule has 0 spiro atoms. The second kappa shape index (κ2) is 4.65. The van der Waals surface area contributed by atoms with E-state index in [2.05, 4.69) is 0 Å². The average molecular weight is 192 g/mol. The summed E-state index contributed by atoms with van der Waals surface area (Å²) in [5.74, 6) is -0.299. The monoisotopic (exact) mass is 192 g/mol. The van der Waals surface area contributed by atoms with Gasteiger partial charge in [0.05, 0.1) is 6.54 Å². The van der Waals surface area contributed by atoms with Crippen molar-refractivity contribution in [2.45, 2.75) is 13.8 Å². The molecule has 1 aromatic rings. The Kier molecular flexibility index (Phi) is 3.51. The number of benzene rings is 1. The van der Waals surface area contributed by atoms with E-state index >= 15 is 0 Å². The van der Waals surface area contributed by atoms with E-state index in [-0.39, 0.29) is 12.5 Å². The third-order valence-electron chi connectivity index (χ3n) is 2.13. The van der Waals surface area contributed by atoms with E-state index in [1.54, 1.807) is 0 Å². The quantitative estimate of drug-likeness (QED) is 0.781. The van der Waals surface area contributed by atoms with E-state index < -0.39 is 0 Å². The Labute approximate surface area is 84.5 Å². The first kappa shape index (κ1) is 10.6. The van der Waals surface area contributed by atoms with Crippen LogP contribution in [0.15, 0.2) is 24.3 Å². The molecular formula is C11H16N2O. The van der Waals surface area contributed by atoms with Gasteiger partial charge in [0.15, 0.2) is 0 Å². The standard InChI is InChI=1S/C11H16N2O/c1-3-13(8-11(12)14)10-6-4-9(2)5-7-10/h4-7H,3,8H2,1-2H3,(H2,12,14). The molecule has 1 amide bonds. The number of rotatable bonds is 4. The Hall–Kier alpha value is -1.51. The number of carbonyl (C=O) groups is 1. The number of hydrogen-bond acceptors (Lipinski definition) is 2. The molecule has 1 rings (SSSR count). The number of nitrogens with zero attached hydrogens (tertiary/aromatic N) is 1. The minimum Gasteiger partial charge on any atom is -0.368 e. The van der Waals surface area contributed by atoms with Gasteiger partial charge in [-0.15, -0.1) is 0 Å². The molecule has 76 valence electrons. The Balaban J connectivity index is 2.78. The van der Waals surface area contributed by atoms with E-state index in [1.807, 2.05) is 43.0 Å². The molecule has 0 aliphatic rings. The number of hydrogen-bond donors (Lipinski definition) is 1. The summed E-state index contributed by atoms with van der Waals surface area (Å²) in [5, 5.41) is 0. The first-order valence-corrected chi connectivity index (χ1v) is 4.73. The Bertz CT molecular complexity index is 306. The van der Waals surface area contributed by atoms with Crippen LogP contribution >= 0.6 is 0 Å². The number of aryl methyl sites for hydroxylation is 1. The minimum atomic E-state index is -0.299. The molecule has 0 aromatic heterocycles. The predicted octanol–water partition coefficient (Wildman–Crippen LogP) is 1.31. The van der Waals surface area contributed by atoms with Crippen molar-refractivity contribution in [1.29, 1.82) is 0 Å². The molecule has 1 aromatic carbocycles. The summed E-state index contributed by atoms with van der Waals surface area (Å²) in [6, 6.07) is 8.06. The molecule has 3 heteroatoms. The molecule has 0 aliphatic carbocycles. The van der Waals surface area contributed by atoms with Gasteiger partial charge >= 0.3 is 0 Å². The minimum absolute atomic E-state index is 0.277. The SMILES string of the molecule is CCN(CC(N)=O)c1ccc(C)cc1. The highest BCUT2D eigenvalue weighted by Gasteiger charge is 2.06. The molecule has 2 N–H and O–H groups in total. The van der Waals surface area contributed by atoms with Gasteiger partial charge in [0.25, 0.3) is 0 Å². The molecule has 0 saturated heterocycles. The summed E-state index contributed by atoms with van der Waals surface area (Å²) >= 11 is 0. The van der Waals surface area contributed by atoms with Crippen molar-refractivity contribution in [1.82, 2.24) is 0 Å². The van der Waals surface area contributed by atoms with Crippen LogP contribution in [0.25, 0.3) is 0 Å². The maximum atomic E-state index is 10.8. The average Bonchev–Trinajstić information content (AvgIpc) is 2.15. The molecule has 0 bridgehead atoms. The Morgan fingerprint density at radius 1 is 1.36 bits per heavy atom. The number of nitrogens with two attached hydrogens (primary N) is 1. The van der Waals surface area contributed by atoms with Gasteiger partial charge in [0, 0.05) is 12.2 Å². The number of primary amides is 1. The van der Waals surface area contributed by atoms with Crippen molar-refractivity contribution < 1.29 is 4.79 Å². The molecule has 0 aliphatic heterocycles. The molecule has 0 saturated carbocycles. The Morgan fingerprint density at radius 2 is 1.93 bits per heavy atom. The number of amides is 1. The zero-order valence-electron chi connectivity index (χ0n) is 8.66. The molecule has 0 atom stereocenters. The van der Waals surface area contributed by atoms with Gasteiger partial charge in [0.1, 0.15) is 0 Å². The van der Waals surface area contributed by atoms with Crippen LogP contribution in [0.3, 0.4) is 0 Å². The lowest BCUT2D eigenvalue weighted by Crippen LogP contribution is -2.33. The zero-order valence-corrected chi connectivity index (χ0v) is 8.66. The fourth-order valence-electron chi connectivity index (χ4n) is 1.33. The molecule has 0 fully saturated rings. The molecule has 0 radical (unpaired) electrons. The molecule has 0 heterocycles. The molecular weight excluding hydrogens is 176 g/mol. The zero-order chi connectivity index (χ0) is 10.6. The summed E-state index contributed by atoms with van der Waals surface area (Å²) < 4.78 is 0. The van der Waals surface area contributed by atoms with Gasteiger partial charge in [-0.3, -0.25) is 4.79 Å². The van der Waals surface area contributed by atoms with Gasteiger partial charge in [-0.2, -0.15) is 0 Å². The first-order valence-electron chi connectivity index (χ1n) is 4.73. The first-order chi connectivity index (χ1) is 6.63. The fraction of sp³-hybridized carbons (Fsp3) is 0.364. The highest BCUT2D eigenvalue weighted by atomic mass is 16.1. The highest BCUT2D eigenvalue weighted by molar-refractivity contribution is 5.79. The van der Waals surface area contributed by atoms with Crippen LogP contribution in [-0.4, -0.2) is 19.0 Å². The summed E-state index contributed by atoms with van der Waals surface area (Å²) in [5.41, 5.74) is 7.41. The van der Waals surface area contributed by atoms with Crippen LogP contribution in [0.2, 0.25) is 0 Å². The maximum absolute atomic E-state index is 10.8. The van der Waals surface area contributed by atoms with Crippen LogP contribution in [0.5, 0.6) is 0 Å². The van der Waals surface area contributed by atoms with Crippen LogP contribution < -0.4 is 10.6 Å². The van der Waals surface area contributed by atoms with Gasteiger partial charge in [0.2, 0.25) is 5.91 Å². The summed E-state index contributed by atoms with van der Waals surface area (Å²) in [7, 11) is 0. The second-order valence-corrected chi connectivity index (χ2v) is 3.32. The third-order valence-corrected chi connectivity index (χ3v) is 2.13. The predicted molar refractivity (Wildman–Crippen MR) is 58.3 cm³/mol. The van der Waals surface area contributed by atoms with Crippen molar-refractivity contribution in [3.8, 4) is 0 Å². The van der Waals surface area contributed by atoms with Crippen molar-refractivity contribution in [2.75, 3.05) is 18.0 Å². The van der Waals surface area contributed by atoms with Crippen molar-refractivity contribution in [3.63, 3.8) is 0 Å². The van der Waals surface area contributed by atoms with Crippen molar-refractivity contribution in [2.24, 2.45) is 5.73 Å². The van der Waals surface area contributed by atoms with E-state index in [4.69, 9.17) is 5.73 Å². The maximum Gasteiger partial charge on any atom is 0.236 e. The van der Waals surface area contributed by atoms with Crippen LogP contribution in [0, 0.1) is 6.92 Å². The summed E-state index contributed by atoms with van der Waals surface area (Å²) in [4.78, 5) is 12.7. The topological polar surface area (TPSA) is 46.3 Å². The van der Waals surface area contributed by atoms with Crippen LogP contribution in [-0.2, 0) is 4.79 Å². The number of carbonyl (C=O) groups excluding carboxylic acids is 1. The smallest absolute Gasteiger partial charge is 0.236 e. The lowest BCUT2D eigenvalue weighted by Gasteiger charge is -2.21. The highest BCUT2D eigenvalue weighted by Crippen LogP contribution is 2.13. The van der Waals surface area contributed by atoms with E-state index in [1.165, 1.54) is 5.56 Å². The normalized spacial score (nSPS) is 9.86. The molecule has 14 heavy (non-hydrogen) atoms. The molecule has 0 unspecified atom stereocenters. The third kappa shape index (κ3) is 2.76. The van der Waals surface area contributed by atoms with E-state index in [9.17, 15) is 4.79 Å². The summed E-state index contributed by atoms with van der Waals surface area (Å²) in [6.07, 6.45) is 0. The largest absolute Gasteiger partial charge is 0.368 e. The van der Waals surface area contributed by atoms with Crippen LogP contribution in [0.1, 0.15) is 12.5 Å². The lowest BCUT2D eigenvalue weighted by atomic mass is 10.2. The van der Waals surface area contributed by atoms with Crippen LogP contribution in [0.4, 0.5) is 5.69 Å². The van der Waals surface area contributed by atoms with E-state index in [0.29, 0.717) is 0 Å². The van der Waals surface area contributed by atoms with E-state index in [0.717, 1.165) is 12.2 Å². The fourth-order valence-corrected chi connectivity index (χ4v) is 1.33.